The fourth-order valence-electron chi connectivity index (χ4n) is 10.3. The summed E-state index contributed by atoms with van der Waals surface area (Å²) < 4.78 is 38.8. The third-order valence-corrected chi connectivity index (χ3v) is 19.5. The minimum Gasteiger partial charge on any atom is -0.440 e. The molecule has 0 atom stereocenters. The number of fused-ring (bicyclic) bond motifs is 2. The molecule has 0 bridgehead atoms. The molecule has 30 nitrogen and oxygen atoms in total. The number of hydrogen-bond acceptors (Lipinski definition) is 20. The van der Waals surface area contributed by atoms with Gasteiger partial charge < -0.3 is 80.9 Å². The fraction of sp³-hybridized carbons (Fsp3) is 0.280. The number of nitrogens with zero attached hydrogens (tertiary/aromatic N) is 4. The number of aliphatic imine (C=N–C) groups is 1. The molecule has 7 aromatic carbocycles. The van der Waals surface area contributed by atoms with Gasteiger partial charge in [0.25, 0.3) is 0 Å². The van der Waals surface area contributed by atoms with Crippen LogP contribution < -0.4 is 72.0 Å². The minimum absolute atomic E-state index is 0.00591. The van der Waals surface area contributed by atoms with Gasteiger partial charge in [-0.2, -0.15) is 0 Å². The summed E-state index contributed by atoms with van der Waals surface area (Å²) in [6, 6.07) is 42.5. The van der Waals surface area contributed by atoms with E-state index in [-0.39, 0.29) is 117 Å². The molecule has 0 aliphatic carbocycles. The van der Waals surface area contributed by atoms with Crippen LogP contribution in [0, 0.1) is 81.1 Å². The molecule has 0 spiro atoms. The number of halogens is 4. The number of nitrogen functional groups attached to an aromatic ring is 6. The van der Waals surface area contributed by atoms with E-state index >= 15 is 0 Å². The van der Waals surface area contributed by atoms with E-state index < -0.39 is 11.6 Å². The first-order chi connectivity index (χ1) is 60.0. The molecule has 1 aliphatic heterocycles. The maximum Gasteiger partial charge on any atom is 0.227 e. The number of amidine groups is 6. The fourth-order valence-corrected chi connectivity index (χ4v) is 11.5. The Hall–Kier alpha value is -14.1. The summed E-state index contributed by atoms with van der Waals surface area (Å²) in [6.45, 7) is 32.3. The zero-order valence-electron chi connectivity index (χ0n) is 74.5. The number of aromatic nitrogens is 3. The standard InChI is InChI=1S/2C13H15N3O.C12H15N3O.C12H17N3O.C11H14ClN3O.2C11H14FN3O.C10H10ClNOS/c1-8(2)13(17)16-10-3-4-11-9(7-10)5-6-15-12(11)14;1-8(2)13-16-7-11(17-13)9-4-3-5-10(6-9)12(14)15;1-7(2)12(16)15-9-3-4-10-8(5-9)6-14-11(10)13;1-7(2)12(16)15-10-5-4-9(11(13)14)6-8(10)3;2*1-6(2)11(16)15-9-4-3-7(10(13)14)5-8(9)12;1-6(2)11(16)15-7-3-4-8(10(13)14)9(12)5-7;1-6(2)10-12-5-7(13-10)8-3-4-9(11)14-8/h3-8H,1-2H3,(H2,14,15)(H,16,17);3-8H,1-2H3,(H3,14,15);3-5,7H,6H2,1-2H3,(H2,13,14)(H,15,16);4-7H,1-3H3,(H3,13,14)(H,15,16);3*3-6H,1-2H3,(H3,13,14)(H,15,16);3-6H,1-2H3. The van der Waals surface area contributed by atoms with Gasteiger partial charge >= 0.3 is 0 Å². The van der Waals surface area contributed by atoms with E-state index in [1.165, 1.54) is 35.6 Å². The molecular formula is C93H114Cl2F2N22O8S. The second-order valence-electron chi connectivity index (χ2n) is 31.4. The molecule has 0 unspecified atom stereocenters. The lowest BCUT2D eigenvalue weighted by Gasteiger charge is -2.11. The zero-order chi connectivity index (χ0) is 95.8. The van der Waals surface area contributed by atoms with Crippen molar-refractivity contribution in [3.63, 3.8) is 0 Å². The summed E-state index contributed by atoms with van der Waals surface area (Å²) in [7, 11) is 0. The lowest BCUT2D eigenvalue weighted by molar-refractivity contribution is -0.119. The summed E-state index contributed by atoms with van der Waals surface area (Å²) >= 11 is 13.3. The van der Waals surface area contributed by atoms with Crippen molar-refractivity contribution in [1.82, 2.24) is 15.0 Å². The van der Waals surface area contributed by atoms with Crippen LogP contribution in [0.3, 0.4) is 0 Å². The number of amides is 6. The Balaban J connectivity index is 0.000000259. The average molecular weight is 1810 g/mol. The molecule has 11 aromatic rings. The number of carbonyl (C=O) groups is 6. The summed E-state index contributed by atoms with van der Waals surface area (Å²) in [5.41, 5.74) is 47.4. The van der Waals surface area contributed by atoms with Gasteiger partial charge in [0.15, 0.2) is 23.3 Å². The average Bonchev–Trinajstić information content (AvgIpc) is 1.79. The van der Waals surface area contributed by atoms with Crippen molar-refractivity contribution in [1.29, 1.82) is 27.0 Å². The number of nitrogens with one attached hydrogen (secondary N) is 11. The molecule has 0 fully saturated rings. The van der Waals surface area contributed by atoms with Gasteiger partial charge in [0.05, 0.1) is 50.1 Å². The van der Waals surface area contributed by atoms with Gasteiger partial charge in [0.2, 0.25) is 35.4 Å². The molecule has 0 radical (unpaired) electrons. The Morgan fingerprint density at radius 2 is 0.875 bits per heavy atom. The number of oxazole rings is 2. The van der Waals surface area contributed by atoms with Crippen LogP contribution in [0.1, 0.15) is 179 Å². The molecule has 0 saturated heterocycles. The Labute approximate surface area is 757 Å². The number of benzene rings is 7. The molecule has 5 heterocycles. The Kier molecular flexibility index (Phi) is 40.5. The quantitative estimate of drug-likeness (QED) is 0.0235. The third-order valence-electron chi connectivity index (χ3n) is 18.0. The normalized spacial score (nSPS) is 10.9. The molecule has 12 rings (SSSR count). The van der Waals surface area contributed by atoms with Gasteiger partial charge in [-0.3, -0.25) is 60.8 Å². The largest absolute Gasteiger partial charge is 0.440 e. The van der Waals surface area contributed by atoms with E-state index in [9.17, 15) is 37.5 Å². The molecule has 678 valence electrons. The highest BCUT2D eigenvalue weighted by atomic mass is 35.5. The number of nitrogens with two attached hydrogens (primary N) is 7. The lowest BCUT2D eigenvalue weighted by atomic mass is 10.1. The predicted octanol–water partition coefficient (Wildman–Crippen LogP) is 18.3. The Morgan fingerprint density at radius 1 is 0.438 bits per heavy atom. The zero-order valence-corrected chi connectivity index (χ0v) is 76.8. The molecule has 1 aliphatic rings. The van der Waals surface area contributed by atoms with E-state index in [0.717, 1.165) is 83.1 Å². The molecule has 128 heavy (non-hydrogen) atoms. The molecule has 25 N–H and O–H groups in total. The van der Waals surface area contributed by atoms with Crippen LogP contribution in [0.25, 0.3) is 32.7 Å². The number of carbonyl (C=O) groups excluding carboxylic acids is 6. The van der Waals surface area contributed by atoms with E-state index in [0.29, 0.717) is 74.4 Å². The second kappa shape index (κ2) is 49.6. The van der Waals surface area contributed by atoms with Crippen LogP contribution in [0.5, 0.6) is 0 Å². The van der Waals surface area contributed by atoms with Crippen molar-refractivity contribution in [2.24, 2.45) is 74.9 Å². The number of anilines is 7. The van der Waals surface area contributed by atoms with E-state index in [1.807, 2.05) is 135 Å². The highest BCUT2D eigenvalue weighted by molar-refractivity contribution is 7.19. The third kappa shape index (κ3) is 33.1. The van der Waals surface area contributed by atoms with E-state index in [4.69, 9.17) is 99.2 Å². The first kappa shape index (κ1) is 104. The molecule has 6 amide bonds. The van der Waals surface area contributed by atoms with Crippen molar-refractivity contribution in [2.75, 3.05) is 37.6 Å². The molecule has 0 saturated carbocycles. The van der Waals surface area contributed by atoms with Gasteiger partial charge in [-0.15, -0.1) is 11.3 Å². The minimum atomic E-state index is -0.617. The van der Waals surface area contributed by atoms with Crippen molar-refractivity contribution in [3.05, 3.63) is 248 Å². The highest BCUT2D eigenvalue weighted by Crippen LogP contribution is 2.34. The van der Waals surface area contributed by atoms with Gasteiger partial charge in [0.1, 0.15) is 52.5 Å². The summed E-state index contributed by atoms with van der Waals surface area (Å²) in [5, 5.41) is 54.7. The van der Waals surface area contributed by atoms with Gasteiger partial charge in [0, 0.05) is 115 Å². The predicted molar refractivity (Wildman–Crippen MR) is 513 cm³/mol. The topological polar surface area (TPSA) is 553 Å². The molecular weight excluding hydrogens is 1690 g/mol. The highest BCUT2D eigenvalue weighted by Gasteiger charge is 2.20. The van der Waals surface area contributed by atoms with Crippen molar-refractivity contribution in [3.8, 4) is 22.0 Å². The first-order valence-corrected chi connectivity index (χ1v) is 42.0. The number of aryl methyl sites for hydroxylation is 1. The van der Waals surface area contributed by atoms with Gasteiger partial charge in [-0.05, 0) is 157 Å². The molecule has 4 aromatic heterocycles. The van der Waals surface area contributed by atoms with Crippen LogP contribution in [-0.4, -0.2) is 85.4 Å². The Morgan fingerprint density at radius 3 is 1.34 bits per heavy atom. The van der Waals surface area contributed by atoms with Gasteiger partial charge in [-0.1, -0.05) is 152 Å². The second-order valence-corrected chi connectivity index (χ2v) is 33.5. The summed E-state index contributed by atoms with van der Waals surface area (Å²) in [6.07, 6.45) is 5.11. The van der Waals surface area contributed by atoms with Crippen LogP contribution in [0.15, 0.2) is 184 Å². The summed E-state index contributed by atoms with van der Waals surface area (Å²) in [5.74, 6) is 1.80. The smallest absolute Gasteiger partial charge is 0.227 e. The van der Waals surface area contributed by atoms with Crippen molar-refractivity contribution >= 4 is 156 Å². The molecule has 35 heteroatoms. The first-order valence-electron chi connectivity index (χ1n) is 40.5. The number of thiophene rings is 1. The Bertz CT molecular complexity index is 5620. The van der Waals surface area contributed by atoms with Crippen LogP contribution in [-0.2, 0) is 35.3 Å². The number of hydrogen-bond donors (Lipinski definition) is 18. The van der Waals surface area contributed by atoms with Crippen molar-refractivity contribution < 1.29 is 46.4 Å². The monoisotopic (exact) mass is 1810 g/mol. The summed E-state index contributed by atoms with van der Waals surface area (Å²) in [4.78, 5) is 86.3. The number of pyridine rings is 1. The number of rotatable bonds is 21. The lowest BCUT2D eigenvalue weighted by Crippen LogP contribution is -2.19. The van der Waals surface area contributed by atoms with Crippen LogP contribution in [0.2, 0.25) is 9.36 Å². The van der Waals surface area contributed by atoms with Crippen LogP contribution in [0.4, 0.5) is 48.7 Å². The van der Waals surface area contributed by atoms with Gasteiger partial charge in [-0.25, -0.2) is 23.7 Å². The van der Waals surface area contributed by atoms with E-state index in [2.05, 4.69) is 65.7 Å². The maximum absolute atomic E-state index is 13.5. The SMILES string of the molecule is CC(C)C(=O)Nc1ccc(C(=N)N)c(F)c1.CC(C)C(=O)Nc1ccc(C(=N)N)cc1Cl.CC(C)C(=O)Nc1ccc(C(=N)N)cc1F.CC(C)C(=O)Nc1ccc2c(N)nccc2c1.CC(C)C(=O)Nc1ccc2c(c1)CN=C2N.CC(C)c1ncc(-c2ccc(Cl)s2)o1.CC(C)c1ncc(-c2cccc(C(=N)N)c2)o1.Cc1cc(C(=N)N)ccc1NC(=O)C(C)C. The van der Waals surface area contributed by atoms with E-state index in [1.54, 1.807) is 103 Å². The van der Waals surface area contributed by atoms with Crippen LogP contribution >= 0.6 is 34.5 Å². The maximum atomic E-state index is 13.5. The van der Waals surface area contributed by atoms with Crippen molar-refractivity contribution in [2.45, 2.75) is 136 Å².